The molecule has 1 aromatic carbocycles. The highest BCUT2D eigenvalue weighted by molar-refractivity contribution is 5.79. The first-order chi connectivity index (χ1) is 9.76. The Hall–Kier alpha value is -2.49. The van der Waals surface area contributed by atoms with E-state index < -0.39 is 0 Å². The molecule has 0 bridgehead atoms. The summed E-state index contributed by atoms with van der Waals surface area (Å²) in [5, 5.41) is 4.56. The van der Waals surface area contributed by atoms with E-state index in [0.717, 1.165) is 17.7 Å². The van der Waals surface area contributed by atoms with E-state index in [2.05, 4.69) is 34.6 Å². The van der Waals surface area contributed by atoms with Gasteiger partial charge in [0.05, 0.1) is 5.69 Å². The molecule has 2 N–H and O–H groups in total. The summed E-state index contributed by atoms with van der Waals surface area (Å²) in [6.07, 6.45) is 3.80. The first kappa shape index (κ1) is 12.5. The average Bonchev–Trinajstić information content (AvgIpc) is 2.94. The Morgan fingerprint density at radius 2 is 2.10 bits per heavy atom. The number of H-pyrrole nitrogens is 1. The number of nitrogens with zero attached hydrogens (tertiary/aromatic N) is 1. The van der Waals surface area contributed by atoms with Crippen molar-refractivity contribution in [3.05, 3.63) is 64.7 Å². The summed E-state index contributed by atoms with van der Waals surface area (Å²) in [5.41, 5.74) is 3.35. The van der Waals surface area contributed by atoms with Crippen LogP contribution in [-0.2, 0) is 13.1 Å². The van der Waals surface area contributed by atoms with Crippen LogP contribution in [0.1, 0.15) is 12.5 Å². The van der Waals surface area contributed by atoms with E-state index >= 15 is 0 Å². The second-order valence-electron chi connectivity index (χ2n) is 4.79. The number of aromatic amines is 1. The number of rotatable bonds is 4. The fraction of sp³-hybridized carbons (Fsp3) is 0.188. The molecule has 0 spiro atoms. The highest BCUT2D eigenvalue weighted by Crippen LogP contribution is 2.15. The topological polar surface area (TPSA) is 49.8 Å². The van der Waals surface area contributed by atoms with E-state index in [1.807, 2.05) is 25.4 Å². The number of hydrogen-bond acceptors (Lipinski definition) is 2. The van der Waals surface area contributed by atoms with Gasteiger partial charge in [-0.25, -0.2) is 0 Å². The number of benzene rings is 1. The quantitative estimate of drug-likeness (QED) is 0.763. The van der Waals surface area contributed by atoms with Crippen molar-refractivity contribution >= 4 is 16.6 Å². The Bertz CT molecular complexity index is 786. The Labute approximate surface area is 117 Å². The fourth-order valence-corrected chi connectivity index (χ4v) is 2.30. The van der Waals surface area contributed by atoms with Gasteiger partial charge in [0.1, 0.15) is 0 Å². The molecule has 0 aliphatic carbocycles. The molecule has 0 aliphatic rings. The van der Waals surface area contributed by atoms with Crippen molar-refractivity contribution in [1.29, 1.82) is 0 Å². The van der Waals surface area contributed by atoms with Gasteiger partial charge >= 0.3 is 0 Å². The van der Waals surface area contributed by atoms with Gasteiger partial charge in [0, 0.05) is 37.1 Å². The summed E-state index contributed by atoms with van der Waals surface area (Å²) in [6.45, 7) is 3.39. The number of nitrogens with one attached hydrogen (secondary N) is 2. The van der Waals surface area contributed by atoms with Gasteiger partial charge in [-0.15, -0.1) is 0 Å². The normalized spacial score (nSPS) is 10.8. The Morgan fingerprint density at radius 3 is 2.95 bits per heavy atom. The lowest BCUT2D eigenvalue weighted by molar-refractivity contribution is 0.727. The molecule has 3 aromatic rings. The SMILES string of the molecule is CCn1cc(NCc2ccc3[nH]ccc3c2)ccc1=O. The molecule has 0 amide bonds. The van der Waals surface area contributed by atoms with Crippen LogP contribution >= 0.6 is 0 Å². The third kappa shape index (κ3) is 2.45. The van der Waals surface area contributed by atoms with Crippen LogP contribution in [0.5, 0.6) is 0 Å². The number of anilines is 1. The van der Waals surface area contributed by atoms with Crippen LogP contribution < -0.4 is 10.9 Å². The van der Waals surface area contributed by atoms with Gasteiger partial charge in [0.15, 0.2) is 0 Å². The van der Waals surface area contributed by atoms with Gasteiger partial charge in [-0.1, -0.05) is 6.07 Å². The number of aromatic nitrogens is 2. The average molecular weight is 267 g/mol. The molecule has 4 nitrogen and oxygen atoms in total. The second kappa shape index (κ2) is 5.25. The van der Waals surface area contributed by atoms with Crippen LogP contribution in [0.2, 0.25) is 0 Å². The summed E-state index contributed by atoms with van der Waals surface area (Å²) in [5.74, 6) is 0. The lowest BCUT2D eigenvalue weighted by atomic mass is 10.1. The summed E-state index contributed by atoms with van der Waals surface area (Å²) in [6, 6.07) is 11.8. The largest absolute Gasteiger partial charge is 0.380 e. The first-order valence-electron chi connectivity index (χ1n) is 6.76. The van der Waals surface area contributed by atoms with Crippen LogP contribution in [0.3, 0.4) is 0 Å². The molecule has 0 unspecified atom stereocenters. The Kier molecular flexibility index (Phi) is 3.29. The van der Waals surface area contributed by atoms with Crippen molar-refractivity contribution in [2.45, 2.75) is 20.0 Å². The zero-order valence-electron chi connectivity index (χ0n) is 11.4. The van der Waals surface area contributed by atoms with Crippen molar-refractivity contribution in [3.63, 3.8) is 0 Å². The van der Waals surface area contributed by atoms with Gasteiger partial charge < -0.3 is 14.9 Å². The number of hydrogen-bond donors (Lipinski definition) is 2. The van der Waals surface area contributed by atoms with Gasteiger partial charge in [-0.05, 0) is 42.1 Å². The van der Waals surface area contributed by atoms with Gasteiger partial charge in [-0.3, -0.25) is 4.79 Å². The molecule has 0 saturated carbocycles. The molecule has 0 radical (unpaired) electrons. The summed E-state index contributed by atoms with van der Waals surface area (Å²) < 4.78 is 1.69. The van der Waals surface area contributed by atoms with Crippen LogP contribution in [-0.4, -0.2) is 9.55 Å². The molecule has 0 aliphatic heterocycles. The first-order valence-corrected chi connectivity index (χ1v) is 6.76. The predicted molar refractivity (Wildman–Crippen MR) is 82.0 cm³/mol. The second-order valence-corrected chi connectivity index (χ2v) is 4.79. The van der Waals surface area contributed by atoms with Crippen LogP contribution in [0.15, 0.2) is 53.6 Å². The molecule has 4 heteroatoms. The standard InChI is InChI=1S/C16H17N3O/c1-2-19-11-14(4-6-16(19)20)18-10-12-3-5-15-13(9-12)7-8-17-15/h3-9,11,17-18H,2,10H2,1H3. The summed E-state index contributed by atoms with van der Waals surface area (Å²) >= 11 is 0. The van der Waals surface area contributed by atoms with Crippen LogP contribution in [0, 0.1) is 0 Å². The molecule has 2 aromatic heterocycles. The van der Waals surface area contributed by atoms with Crippen molar-refractivity contribution in [2.75, 3.05) is 5.32 Å². The molecule has 102 valence electrons. The van der Waals surface area contributed by atoms with Crippen molar-refractivity contribution in [2.24, 2.45) is 0 Å². The number of fused-ring (bicyclic) bond motifs is 1. The molecule has 3 rings (SSSR count). The van der Waals surface area contributed by atoms with Crippen molar-refractivity contribution < 1.29 is 0 Å². The summed E-state index contributed by atoms with van der Waals surface area (Å²) in [4.78, 5) is 14.7. The van der Waals surface area contributed by atoms with E-state index in [1.165, 1.54) is 10.9 Å². The van der Waals surface area contributed by atoms with Crippen molar-refractivity contribution in [3.8, 4) is 0 Å². The fourth-order valence-electron chi connectivity index (χ4n) is 2.30. The predicted octanol–water partition coefficient (Wildman–Crippen LogP) is 2.96. The molecule has 0 saturated heterocycles. The maximum atomic E-state index is 11.5. The third-order valence-electron chi connectivity index (χ3n) is 3.44. The lowest BCUT2D eigenvalue weighted by Crippen LogP contribution is -2.17. The molecule has 2 heterocycles. The monoisotopic (exact) mass is 267 g/mol. The third-order valence-corrected chi connectivity index (χ3v) is 3.44. The van der Waals surface area contributed by atoms with Crippen molar-refractivity contribution in [1.82, 2.24) is 9.55 Å². The minimum Gasteiger partial charge on any atom is -0.380 e. The van der Waals surface area contributed by atoms with E-state index in [0.29, 0.717) is 6.54 Å². The molecular weight excluding hydrogens is 250 g/mol. The van der Waals surface area contributed by atoms with E-state index in [1.54, 1.807) is 10.6 Å². The number of pyridine rings is 1. The highest BCUT2D eigenvalue weighted by atomic mass is 16.1. The molecule has 0 fully saturated rings. The van der Waals surface area contributed by atoms with E-state index in [4.69, 9.17) is 0 Å². The molecular formula is C16H17N3O. The number of aryl methyl sites for hydroxylation is 1. The van der Waals surface area contributed by atoms with Crippen LogP contribution in [0.25, 0.3) is 10.9 Å². The Balaban J connectivity index is 1.76. The van der Waals surface area contributed by atoms with Gasteiger partial charge in [0.2, 0.25) is 0 Å². The maximum Gasteiger partial charge on any atom is 0.250 e. The minimum absolute atomic E-state index is 0.0341. The maximum absolute atomic E-state index is 11.5. The van der Waals surface area contributed by atoms with Gasteiger partial charge in [-0.2, -0.15) is 0 Å². The molecule has 20 heavy (non-hydrogen) atoms. The van der Waals surface area contributed by atoms with Crippen LogP contribution in [0.4, 0.5) is 5.69 Å². The van der Waals surface area contributed by atoms with E-state index in [9.17, 15) is 4.79 Å². The van der Waals surface area contributed by atoms with Gasteiger partial charge in [0.25, 0.3) is 5.56 Å². The lowest BCUT2D eigenvalue weighted by Gasteiger charge is -2.09. The summed E-state index contributed by atoms with van der Waals surface area (Å²) in [7, 11) is 0. The smallest absolute Gasteiger partial charge is 0.250 e. The highest BCUT2D eigenvalue weighted by Gasteiger charge is 1.99. The Morgan fingerprint density at radius 1 is 1.20 bits per heavy atom. The zero-order chi connectivity index (χ0) is 13.9. The zero-order valence-corrected chi connectivity index (χ0v) is 11.4. The molecule has 0 atom stereocenters. The minimum atomic E-state index is 0.0341. The van der Waals surface area contributed by atoms with E-state index in [-0.39, 0.29) is 5.56 Å².